The molecule has 3 rings (SSSR count). The third-order valence-electron chi connectivity index (χ3n) is 3.36. The van der Waals surface area contributed by atoms with E-state index in [4.69, 9.17) is 14.9 Å². The van der Waals surface area contributed by atoms with Gasteiger partial charge < -0.3 is 24.5 Å². The third-order valence-corrected chi connectivity index (χ3v) is 3.36. The Morgan fingerprint density at radius 1 is 1.38 bits per heavy atom. The summed E-state index contributed by atoms with van der Waals surface area (Å²) in [7, 11) is 1.32. The molecular weight excluding hydrogens is 272 g/mol. The average molecular weight is 288 g/mol. The first-order chi connectivity index (χ1) is 10.2. The van der Waals surface area contributed by atoms with Crippen molar-refractivity contribution >= 4 is 17.3 Å². The molecule has 1 aromatic carbocycles. The van der Waals surface area contributed by atoms with Gasteiger partial charge in [0.05, 0.1) is 25.9 Å². The number of anilines is 2. The van der Waals surface area contributed by atoms with Crippen LogP contribution < -0.4 is 15.4 Å². The Morgan fingerprint density at radius 2 is 2.24 bits per heavy atom. The molecule has 0 atom stereocenters. The van der Waals surface area contributed by atoms with E-state index in [9.17, 15) is 4.79 Å². The lowest BCUT2D eigenvalue weighted by Crippen LogP contribution is -2.32. The number of ether oxygens (including phenoxy) is 2. The number of esters is 1. The van der Waals surface area contributed by atoms with Crippen LogP contribution in [0.2, 0.25) is 0 Å². The number of fused-ring (bicyclic) bond motifs is 1. The average Bonchev–Trinajstić information content (AvgIpc) is 2.95. The summed E-state index contributed by atoms with van der Waals surface area (Å²) in [5, 5.41) is 0. The van der Waals surface area contributed by atoms with Gasteiger partial charge in [0.25, 0.3) is 0 Å². The Hall–Kier alpha value is -2.63. The van der Waals surface area contributed by atoms with Crippen LogP contribution in [0.15, 0.2) is 34.7 Å². The summed E-state index contributed by atoms with van der Waals surface area (Å²) < 4.78 is 15.7. The van der Waals surface area contributed by atoms with E-state index in [1.165, 1.54) is 7.11 Å². The van der Waals surface area contributed by atoms with E-state index >= 15 is 0 Å². The number of benzene rings is 1. The van der Waals surface area contributed by atoms with E-state index in [-0.39, 0.29) is 5.76 Å². The number of hydrogen-bond acceptors (Lipinski definition) is 6. The highest BCUT2D eigenvalue weighted by Gasteiger charge is 2.22. The summed E-state index contributed by atoms with van der Waals surface area (Å²) in [6.07, 6.45) is 0. The van der Waals surface area contributed by atoms with Crippen LogP contribution in [0.1, 0.15) is 16.3 Å². The van der Waals surface area contributed by atoms with Gasteiger partial charge in [-0.25, -0.2) is 4.79 Å². The van der Waals surface area contributed by atoms with E-state index in [1.807, 2.05) is 18.2 Å². The summed E-state index contributed by atoms with van der Waals surface area (Å²) >= 11 is 0. The maximum Gasteiger partial charge on any atom is 0.373 e. The molecule has 0 saturated carbocycles. The number of rotatable bonds is 3. The number of furan rings is 1. The number of carbonyl (C=O) groups is 1. The van der Waals surface area contributed by atoms with Gasteiger partial charge in [0.1, 0.15) is 23.8 Å². The molecule has 0 spiro atoms. The van der Waals surface area contributed by atoms with Gasteiger partial charge in [-0.2, -0.15) is 0 Å². The number of carbonyl (C=O) groups excluding carboxylic acids is 1. The fourth-order valence-corrected chi connectivity index (χ4v) is 2.39. The molecule has 1 aromatic heterocycles. The molecule has 6 heteroatoms. The van der Waals surface area contributed by atoms with Crippen molar-refractivity contribution in [2.45, 2.75) is 6.54 Å². The quantitative estimate of drug-likeness (QED) is 0.688. The zero-order valence-corrected chi connectivity index (χ0v) is 11.7. The van der Waals surface area contributed by atoms with Crippen molar-refractivity contribution in [3.05, 3.63) is 41.9 Å². The zero-order chi connectivity index (χ0) is 14.8. The van der Waals surface area contributed by atoms with E-state index in [0.29, 0.717) is 31.1 Å². The monoisotopic (exact) mass is 288 g/mol. The van der Waals surface area contributed by atoms with E-state index in [1.54, 1.807) is 12.1 Å². The molecule has 0 aliphatic carbocycles. The van der Waals surface area contributed by atoms with Crippen LogP contribution in [0, 0.1) is 0 Å². The number of nitrogens with zero attached hydrogens (tertiary/aromatic N) is 1. The van der Waals surface area contributed by atoms with Crippen LogP contribution in [0.5, 0.6) is 5.75 Å². The summed E-state index contributed by atoms with van der Waals surface area (Å²) in [6, 6.07) is 8.96. The van der Waals surface area contributed by atoms with Crippen LogP contribution in [0.25, 0.3) is 0 Å². The summed E-state index contributed by atoms with van der Waals surface area (Å²) in [5.74, 6) is 1.15. The van der Waals surface area contributed by atoms with Crippen molar-refractivity contribution in [1.29, 1.82) is 0 Å². The normalized spacial score (nSPS) is 13.5. The second kappa shape index (κ2) is 5.40. The number of para-hydroxylation sites is 1. The molecule has 6 nitrogen and oxygen atoms in total. The molecule has 1 aliphatic heterocycles. The molecule has 0 radical (unpaired) electrons. The Labute approximate surface area is 122 Å². The fourth-order valence-electron chi connectivity index (χ4n) is 2.39. The first kappa shape index (κ1) is 13.4. The van der Waals surface area contributed by atoms with Gasteiger partial charge in [-0.3, -0.25) is 0 Å². The lowest BCUT2D eigenvalue weighted by Gasteiger charge is -2.31. The van der Waals surface area contributed by atoms with Crippen LogP contribution in [0.3, 0.4) is 0 Å². The molecule has 0 saturated heterocycles. The number of nitrogens with two attached hydrogens (primary N) is 1. The van der Waals surface area contributed by atoms with E-state index in [2.05, 4.69) is 9.64 Å². The van der Waals surface area contributed by atoms with Crippen molar-refractivity contribution in [1.82, 2.24) is 0 Å². The van der Waals surface area contributed by atoms with Gasteiger partial charge in [0.15, 0.2) is 0 Å². The van der Waals surface area contributed by atoms with Crippen molar-refractivity contribution in [2.75, 3.05) is 30.9 Å². The summed E-state index contributed by atoms with van der Waals surface area (Å²) in [5.41, 5.74) is 7.55. The third kappa shape index (κ3) is 2.52. The van der Waals surface area contributed by atoms with Gasteiger partial charge >= 0.3 is 5.97 Å². The van der Waals surface area contributed by atoms with Gasteiger partial charge in [-0.1, -0.05) is 6.07 Å². The highest BCUT2D eigenvalue weighted by atomic mass is 16.5. The van der Waals surface area contributed by atoms with E-state index < -0.39 is 5.97 Å². The van der Waals surface area contributed by atoms with Gasteiger partial charge in [-0.15, -0.1) is 0 Å². The van der Waals surface area contributed by atoms with Crippen LogP contribution >= 0.6 is 0 Å². The lowest BCUT2D eigenvalue weighted by atomic mass is 10.2. The number of methoxy groups -OCH3 is 1. The maximum absolute atomic E-state index is 11.4. The fraction of sp³-hybridized carbons (Fsp3) is 0.267. The van der Waals surface area contributed by atoms with Crippen molar-refractivity contribution < 1.29 is 18.7 Å². The Bertz CT molecular complexity index is 665. The molecule has 0 amide bonds. The molecule has 1 aliphatic rings. The van der Waals surface area contributed by atoms with E-state index in [0.717, 1.165) is 11.4 Å². The topological polar surface area (TPSA) is 77.9 Å². The molecule has 2 N–H and O–H groups in total. The van der Waals surface area contributed by atoms with Gasteiger partial charge in [0.2, 0.25) is 5.76 Å². The Kier molecular flexibility index (Phi) is 3.43. The first-order valence-corrected chi connectivity index (χ1v) is 6.62. The Balaban J connectivity index is 1.84. The zero-order valence-electron chi connectivity index (χ0n) is 11.7. The van der Waals surface area contributed by atoms with Gasteiger partial charge in [-0.05, 0) is 24.3 Å². The second-order valence-corrected chi connectivity index (χ2v) is 4.72. The maximum atomic E-state index is 11.4. The molecule has 2 aromatic rings. The smallest absolute Gasteiger partial charge is 0.373 e. The summed E-state index contributed by atoms with van der Waals surface area (Å²) in [6.45, 7) is 1.80. The van der Waals surface area contributed by atoms with Crippen LogP contribution in [0.4, 0.5) is 11.4 Å². The molecule has 21 heavy (non-hydrogen) atoms. The van der Waals surface area contributed by atoms with Crippen molar-refractivity contribution in [2.24, 2.45) is 0 Å². The SMILES string of the molecule is COC(=O)c1ccc(CN2CCOc3cccc(N)c32)o1. The largest absolute Gasteiger partial charge is 0.489 e. The predicted molar refractivity (Wildman–Crippen MR) is 77.4 cm³/mol. The highest BCUT2D eigenvalue weighted by Crippen LogP contribution is 2.37. The van der Waals surface area contributed by atoms with Crippen molar-refractivity contribution in [3.8, 4) is 5.75 Å². The Morgan fingerprint density at radius 3 is 3.05 bits per heavy atom. The predicted octanol–water partition coefficient (Wildman–Crippen LogP) is 2.05. The lowest BCUT2D eigenvalue weighted by molar-refractivity contribution is 0.0563. The molecule has 0 unspecified atom stereocenters. The van der Waals surface area contributed by atoms with Crippen LogP contribution in [-0.4, -0.2) is 26.2 Å². The van der Waals surface area contributed by atoms with Crippen molar-refractivity contribution in [3.63, 3.8) is 0 Å². The first-order valence-electron chi connectivity index (χ1n) is 6.62. The molecule has 2 heterocycles. The minimum atomic E-state index is -0.483. The standard InChI is InChI=1S/C15H16N2O4/c1-19-15(18)13-6-5-10(21-13)9-17-7-8-20-12-4-2-3-11(16)14(12)17/h2-6H,7-9,16H2,1H3. The van der Waals surface area contributed by atoms with Crippen LogP contribution in [-0.2, 0) is 11.3 Å². The molecule has 0 fully saturated rings. The molecular formula is C15H16N2O4. The summed E-state index contributed by atoms with van der Waals surface area (Å²) in [4.78, 5) is 13.5. The highest BCUT2D eigenvalue weighted by molar-refractivity contribution is 5.86. The number of hydrogen-bond donors (Lipinski definition) is 1. The second-order valence-electron chi connectivity index (χ2n) is 4.72. The minimum Gasteiger partial charge on any atom is -0.489 e. The minimum absolute atomic E-state index is 0.196. The van der Waals surface area contributed by atoms with Gasteiger partial charge in [0, 0.05) is 0 Å². The molecule has 0 bridgehead atoms. The number of nitrogen functional groups attached to an aromatic ring is 1. The molecule has 110 valence electrons.